The number of aryl methyl sites for hydroxylation is 1. The monoisotopic (exact) mass is 475 g/mol. The Morgan fingerprint density at radius 2 is 2.09 bits per heavy atom. The molecule has 0 atom stereocenters. The van der Waals surface area contributed by atoms with Crippen LogP contribution in [-0.4, -0.2) is 46.3 Å². The van der Waals surface area contributed by atoms with Gasteiger partial charge in [0.1, 0.15) is 16.8 Å². The second kappa shape index (κ2) is 9.87. The highest BCUT2D eigenvalue weighted by Gasteiger charge is 2.23. The van der Waals surface area contributed by atoms with Crippen molar-refractivity contribution in [3.63, 3.8) is 0 Å². The number of amides is 2. The van der Waals surface area contributed by atoms with E-state index in [1.54, 1.807) is 12.3 Å². The fourth-order valence-corrected chi connectivity index (χ4v) is 5.00. The van der Waals surface area contributed by atoms with E-state index in [1.807, 2.05) is 43.2 Å². The van der Waals surface area contributed by atoms with Crippen molar-refractivity contribution >= 4 is 23.7 Å². The quantitative estimate of drug-likeness (QED) is 0.491. The number of likely N-dealkylation sites (N-methyl/N-ethyl adjacent to an activating group) is 1. The van der Waals surface area contributed by atoms with Crippen LogP contribution in [0.2, 0.25) is 0 Å². The summed E-state index contributed by atoms with van der Waals surface area (Å²) in [6.07, 6.45) is 6.52. The third kappa shape index (κ3) is 5.24. The van der Waals surface area contributed by atoms with Gasteiger partial charge in [0.15, 0.2) is 0 Å². The van der Waals surface area contributed by atoms with Crippen LogP contribution in [0.25, 0.3) is 11.1 Å². The van der Waals surface area contributed by atoms with E-state index in [-0.39, 0.29) is 11.6 Å². The highest BCUT2D eigenvalue weighted by molar-refractivity contribution is 7.97. The molecule has 2 heterocycles. The molecule has 8 nitrogen and oxygen atoms in total. The Balaban J connectivity index is 1.51. The van der Waals surface area contributed by atoms with E-state index in [0.717, 1.165) is 48.2 Å². The van der Waals surface area contributed by atoms with Crippen LogP contribution >= 0.6 is 11.9 Å². The Bertz CT molecular complexity index is 1240. The van der Waals surface area contributed by atoms with E-state index in [2.05, 4.69) is 51.0 Å². The smallest absolute Gasteiger partial charge is 0.307 e. The normalized spacial score (nSPS) is 12.9. The number of anilines is 1. The topological polar surface area (TPSA) is 98.9 Å². The number of carbonyl (C=O) groups excluding carboxylic acids is 1. The van der Waals surface area contributed by atoms with Crippen LogP contribution in [0, 0.1) is 11.3 Å². The highest BCUT2D eigenvalue weighted by atomic mass is 32.2. The molecule has 0 saturated carbocycles. The third-order valence-corrected chi connectivity index (χ3v) is 6.56. The summed E-state index contributed by atoms with van der Waals surface area (Å²) >= 11 is 1.18. The van der Waals surface area contributed by atoms with E-state index in [1.165, 1.54) is 17.5 Å². The molecule has 34 heavy (non-hydrogen) atoms. The van der Waals surface area contributed by atoms with Gasteiger partial charge in [-0.05, 0) is 82.1 Å². The van der Waals surface area contributed by atoms with Crippen molar-refractivity contribution in [2.75, 3.05) is 26.0 Å². The van der Waals surface area contributed by atoms with E-state index in [9.17, 15) is 10.1 Å². The molecule has 9 heteroatoms. The number of hydrogen-bond donors (Lipinski definition) is 2. The number of nitriles is 1. The van der Waals surface area contributed by atoms with E-state index < -0.39 is 0 Å². The van der Waals surface area contributed by atoms with Gasteiger partial charge < -0.3 is 10.2 Å². The molecule has 0 saturated heterocycles. The Morgan fingerprint density at radius 3 is 2.85 bits per heavy atom. The molecule has 1 aliphatic rings. The van der Waals surface area contributed by atoms with Crippen molar-refractivity contribution in [3.8, 4) is 17.2 Å². The van der Waals surface area contributed by atoms with E-state index in [0.29, 0.717) is 10.7 Å². The van der Waals surface area contributed by atoms with Crippen molar-refractivity contribution in [2.45, 2.75) is 43.7 Å². The lowest BCUT2D eigenvalue weighted by Crippen LogP contribution is -2.38. The number of hydrogen-bond acceptors (Lipinski definition) is 6. The number of fused-ring (bicyclic) bond motifs is 1. The Hall–Kier alpha value is -3.35. The Kier molecular flexibility index (Phi) is 6.91. The molecule has 2 amide bonds. The first-order valence-electron chi connectivity index (χ1n) is 11.2. The Morgan fingerprint density at radius 1 is 1.26 bits per heavy atom. The summed E-state index contributed by atoms with van der Waals surface area (Å²) in [6.45, 7) is 5.10. The van der Waals surface area contributed by atoms with Gasteiger partial charge >= 0.3 is 6.03 Å². The largest absolute Gasteiger partial charge is 0.329 e. The van der Waals surface area contributed by atoms with Crippen molar-refractivity contribution < 1.29 is 4.79 Å². The van der Waals surface area contributed by atoms with Crippen LogP contribution in [0.15, 0.2) is 47.8 Å². The minimum absolute atomic E-state index is 0.170. The molecule has 176 valence electrons. The Labute approximate surface area is 204 Å². The summed E-state index contributed by atoms with van der Waals surface area (Å²) in [5.74, 6) is 0. The summed E-state index contributed by atoms with van der Waals surface area (Å²) in [5, 5.41) is 17.7. The molecular formula is C25H29N7OS. The fourth-order valence-electron chi connectivity index (χ4n) is 4.49. The zero-order valence-electron chi connectivity index (χ0n) is 19.9. The predicted octanol–water partition coefficient (Wildman–Crippen LogP) is 4.43. The van der Waals surface area contributed by atoms with Crippen LogP contribution in [0.3, 0.4) is 0 Å². The molecular weight excluding hydrogens is 446 g/mol. The zero-order chi connectivity index (χ0) is 24.3. The lowest BCUT2D eigenvalue weighted by molar-refractivity contribution is 0.221. The first-order chi connectivity index (χ1) is 16.3. The number of urea groups is 1. The minimum atomic E-state index is -0.316. The number of nitrogens with zero attached hydrogens (tertiary/aromatic N) is 5. The molecule has 0 fully saturated rings. The van der Waals surface area contributed by atoms with Crippen LogP contribution in [-0.2, 0) is 18.4 Å². The SMILES string of the molecule is CN(C)CC(C)(C)n1ccc(SNC(=O)Nc2c(-c3ccnc(C#N)c3)ccc3c2CCC3)n1. The second-order valence-corrected chi connectivity index (χ2v) is 10.2. The van der Waals surface area contributed by atoms with E-state index >= 15 is 0 Å². The highest BCUT2D eigenvalue weighted by Crippen LogP contribution is 2.37. The van der Waals surface area contributed by atoms with Crippen LogP contribution < -0.4 is 10.0 Å². The molecule has 0 radical (unpaired) electrons. The van der Waals surface area contributed by atoms with Crippen molar-refractivity contribution in [2.24, 2.45) is 0 Å². The minimum Gasteiger partial charge on any atom is -0.307 e. The van der Waals surface area contributed by atoms with Gasteiger partial charge in [-0.25, -0.2) is 9.78 Å². The summed E-state index contributed by atoms with van der Waals surface area (Å²) in [7, 11) is 4.07. The predicted molar refractivity (Wildman–Crippen MR) is 135 cm³/mol. The average molecular weight is 476 g/mol. The molecule has 1 aliphatic carbocycles. The molecule has 2 N–H and O–H groups in total. The lowest BCUT2D eigenvalue weighted by Gasteiger charge is -2.28. The molecule has 1 aromatic carbocycles. The average Bonchev–Trinajstić information content (AvgIpc) is 3.47. The van der Waals surface area contributed by atoms with Gasteiger partial charge in [0.25, 0.3) is 0 Å². The molecule has 0 bridgehead atoms. The third-order valence-electron chi connectivity index (χ3n) is 5.84. The standard InChI is InChI=1S/C25H29N7OS/c1-25(2,16-31(3)4)32-13-11-22(29-32)34-30-24(33)28-23-20-7-5-6-17(20)8-9-21(23)18-10-12-27-19(14-18)15-26/h8-14H,5-7,16H2,1-4H3,(H2,28,30,33). The number of nitrogens with one attached hydrogen (secondary N) is 2. The summed E-state index contributed by atoms with van der Waals surface area (Å²) in [4.78, 5) is 19.1. The van der Waals surface area contributed by atoms with Crippen molar-refractivity contribution in [1.82, 2.24) is 24.4 Å². The first-order valence-corrected chi connectivity index (χ1v) is 12.0. The number of rotatable bonds is 7. The number of carbonyl (C=O) groups is 1. The van der Waals surface area contributed by atoms with Crippen LogP contribution in [0.5, 0.6) is 0 Å². The second-order valence-electron chi connectivity index (χ2n) is 9.33. The summed E-state index contributed by atoms with van der Waals surface area (Å²) < 4.78 is 4.79. The summed E-state index contributed by atoms with van der Waals surface area (Å²) in [5.41, 5.74) is 5.11. The molecule has 0 aliphatic heterocycles. The molecule has 4 rings (SSSR count). The van der Waals surface area contributed by atoms with Gasteiger partial charge in [-0.15, -0.1) is 0 Å². The van der Waals surface area contributed by atoms with Gasteiger partial charge in [0.05, 0.1) is 11.2 Å². The van der Waals surface area contributed by atoms with Gasteiger partial charge in [0.2, 0.25) is 0 Å². The van der Waals surface area contributed by atoms with Gasteiger partial charge in [-0.2, -0.15) is 10.4 Å². The number of benzene rings is 1. The molecule has 0 spiro atoms. The maximum absolute atomic E-state index is 12.9. The van der Waals surface area contributed by atoms with Gasteiger partial charge in [-0.3, -0.25) is 9.40 Å². The number of aromatic nitrogens is 3. The zero-order valence-corrected chi connectivity index (χ0v) is 20.7. The van der Waals surface area contributed by atoms with Crippen LogP contribution in [0.1, 0.15) is 37.1 Å². The van der Waals surface area contributed by atoms with Gasteiger partial charge in [-0.1, -0.05) is 12.1 Å². The number of pyridine rings is 1. The van der Waals surface area contributed by atoms with Crippen molar-refractivity contribution in [3.05, 3.63) is 59.5 Å². The fraction of sp³-hybridized carbons (Fsp3) is 0.360. The molecule has 2 aromatic heterocycles. The van der Waals surface area contributed by atoms with Gasteiger partial charge in [0, 0.05) is 36.4 Å². The lowest BCUT2D eigenvalue weighted by atomic mass is 9.97. The molecule has 0 unspecified atom stereocenters. The first kappa shape index (κ1) is 23.8. The molecule has 3 aromatic rings. The maximum atomic E-state index is 12.9. The summed E-state index contributed by atoms with van der Waals surface area (Å²) in [6, 6.07) is 11.4. The van der Waals surface area contributed by atoms with Crippen LogP contribution in [0.4, 0.5) is 10.5 Å². The van der Waals surface area contributed by atoms with Crippen molar-refractivity contribution in [1.29, 1.82) is 5.26 Å². The van der Waals surface area contributed by atoms with E-state index in [4.69, 9.17) is 0 Å². The maximum Gasteiger partial charge on any atom is 0.329 e.